The van der Waals surface area contributed by atoms with Gasteiger partial charge in [0, 0.05) is 24.5 Å². The van der Waals surface area contributed by atoms with Gasteiger partial charge in [0.15, 0.2) is 9.84 Å². The standard InChI is InChI=1S/C15H21ClN2O4S/c1-3-17-14(19)11-18(4-2)15(20)9-10-23(21,22)13-7-5-12(16)6-8-13/h5-8H,3-4,9-11H2,1-2H3,(H,17,19). The van der Waals surface area contributed by atoms with E-state index in [-0.39, 0.29) is 35.4 Å². The van der Waals surface area contributed by atoms with Gasteiger partial charge in [0.05, 0.1) is 17.2 Å². The van der Waals surface area contributed by atoms with Crippen molar-refractivity contribution >= 4 is 33.3 Å². The predicted molar refractivity (Wildman–Crippen MR) is 89.1 cm³/mol. The van der Waals surface area contributed by atoms with Gasteiger partial charge in [-0.3, -0.25) is 9.59 Å². The maximum Gasteiger partial charge on any atom is 0.239 e. The summed E-state index contributed by atoms with van der Waals surface area (Å²) in [5.74, 6) is -0.932. The van der Waals surface area contributed by atoms with E-state index in [1.54, 1.807) is 13.8 Å². The third-order valence-electron chi connectivity index (χ3n) is 3.20. The molecule has 1 aromatic rings. The Morgan fingerprint density at radius 3 is 2.30 bits per heavy atom. The van der Waals surface area contributed by atoms with Crippen LogP contribution in [-0.4, -0.2) is 50.5 Å². The van der Waals surface area contributed by atoms with Crippen LogP contribution in [0.5, 0.6) is 0 Å². The van der Waals surface area contributed by atoms with E-state index in [1.165, 1.54) is 29.2 Å². The van der Waals surface area contributed by atoms with Gasteiger partial charge >= 0.3 is 0 Å². The molecule has 0 bridgehead atoms. The minimum Gasteiger partial charge on any atom is -0.355 e. The average Bonchev–Trinajstić information content (AvgIpc) is 2.51. The highest BCUT2D eigenvalue weighted by atomic mass is 35.5. The molecule has 0 aromatic heterocycles. The van der Waals surface area contributed by atoms with Crippen LogP contribution in [0.3, 0.4) is 0 Å². The molecule has 0 aliphatic rings. The van der Waals surface area contributed by atoms with Gasteiger partial charge in [0.1, 0.15) is 0 Å². The molecule has 0 aliphatic heterocycles. The zero-order chi connectivity index (χ0) is 17.5. The number of benzene rings is 1. The number of sulfone groups is 1. The van der Waals surface area contributed by atoms with Crippen LogP contribution in [0.4, 0.5) is 0 Å². The smallest absolute Gasteiger partial charge is 0.239 e. The van der Waals surface area contributed by atoms with Crippen LogP contribution in [0, 0.1) is 0 Å². The average molecular weight is 361 g/mol. The summed E-state index contributed by atoms with van der Waals surface area (Å²) in [5.41, 5.74) is 0. The fraction of sp³-hybridized carbons (Fsp3) is 0.467. The summed E-state index contributed by atoms with van der Waals surface area (Å²) < 4.78 is 24.4. The SMILES string of the molecule is CCNC(=O)CN(CC)C(=O)CCS(=O)(=O)c1ccc(Cl)cc1. The van der Waals surface area contributed by atoms with E-state index in [0.29, 0.717) is 18.1 Å². The Morgan fingerprint density at radius 2 is 1.78 bits per heavy atom. The van der Waals surface area contributed by atoms with Crippen molar-refractivity contribution in [2.24, 2.45) is 0 Å². The van der Waals surface area contributed by atoms with Gasteiger partial charge in [-0.15, -0.1) is 0 Å². The third kappa shape index (κ3) is 6.19. The molecule has 1 aromatic carbocycles. The lowest BCUT2D eigenvalue weighted by atomic mass is 10.3. The summed E-state index contributed by atoms with van der Waals surface area (Å²) in [5, 5.41) is 3.05. The van der Waals surface area contributed by atoms with Crippen LogP contribution in [0.25, 0.3) is 0 Å². The molecular formula is C15H21ClN2O4S. The molecule has 0 aliphatic carbocycles. The van der Waals surface area contributed by atoms with Crippen LogP contribution in [-0.2, 0) is 19.4 Å². The summed E-state index contributed by atoms with van der Waals surface area (Å²) in [7, 11) is -3.56. The highest BCUT2D eigenvalue weighted by Gasteiger charge is 2.20. The first kappa shape index (κ1) is 19.4. The number of carbonyl (C=O) groups is 2. The predicted octanol–water partition coefficient (Wildman–Crippen LogP) is 1.49. The molecule has 0 unspecified atom stereocenters. The summed E-state index contributed by atoms with van der Waals surface area (Å²) in [6, 6.07) is 5.80. The zero-order valence-corrected chi connectivity index (χ0v) is 14.8. The molecular weight excluding hydrogens is 340 g/mol. The van der Waals surface area contributed by atoms with E-state index in [0.717, 1.165) is 0 Å². The summed E-state index contributed by atoms with van der Waals surface area (Å²) in [6.45, 7) is 4.29. The van der Waals surface area contributed by atoms with Gasteiger partial charge in [-0.05, 0) is 38.1 Å². The Kier molecular flexibility index (Phi) is 7.51. The summed E-state index contributed by atoms with van der Waals surface area (Å²) in [6.07, 6.45) is -0.168. The maximum atomic E-state index is 12.2. The molecule has 0 fully saturated rings. The van der Waals surface area contributed by atoms with Gasteiger partial charge in [-0.1, -0.05) is 11.6 Å². The Labute approximate surface area is 141 Å². The van der Waals surface area contributed by atoms with Gasteiger partial charge in [-0.2, -0.15) is 0 Å². The number of hydrogen-bond donors (Lipinski definition) is 1. The Balaban J connectivity index is 2.66. The third-order valence-corrected chi connectivity index (χ3v) is 5.18. The highest BCUT2D eigenvalue weighted by Crippen LogP contribution is 2.16. The number of halogens is 1. The number of likely N-dealkylation sites (N-methyl/N-ethyl adjacent to an activating group) is 2. The van der Waals surface area contributed by atoms with Gasteiger partial charge in [0.25, 0.3) is 0 Å². The first-order valence-corrected chi connectivity index (χ1v) is 9.36. The lowest BCUT2D eigenvalue weighted by molar-refractivity contribution is -0.135. The van der Waals surface area contributed by atoms with E-state index in [2.05, 4.69) is 5.32 Å². The molecule has 1 rings (SSSR count). The van der Waals surface area contributed by atoms with Gasteiger partial charge in [-0.25, -0.2) is 8.42 Å². The molecule has 6 nitrogen and oxygen atoms in total. The van der Waals surface area contributed by atoms with Crippen molar-refractivity contribution < 1.29 is 18.0 Å². The minimum atomic E-state index is -3.56. The molecule has 23 heavy (non-hydrogen) atoms. The first-order valence-electron chi connectivity index (χ1n) is 7.33. The molecule has 0 saturated heterocycles. The number of rotatable bonds is 8. The Hall–Kier alpha value is -1.60. The van der Waals surface area contributed by atoms with E-state index in [4.69, 9.17) is 11.6 Å². The topological polar surface area (TPSA) is 83.6 Å². The van der Waals surface area contributed by atoms with E-state index in [1.807, 2.05) is 0 Å². The molecule has 0 radical (unpaired) electrons. The van der Waals surface area contributed by atoms with Crippen molar-refractivity contribution in [1.29, 1.82) is 0 Å². The zero-order valence-electron chi connectivity index (χ0n) is 13.2. The molecule has 1 N–H and O–H groups in total. The van der Waals surface area contributed by atoms with Crippen LogP contribution in [0.1, 0.15) is 20.3 Å². The van der Waals surface area contributed by atoms with E-state index >= 15 is 0 Å². The van der Waals surface area contributed by atoms with Crippen molar-refractivity contribution in [3.8, 4) is 0 Å². The fourth-order valence-corrected chi connectivity index (χ4v) is 3.30. The number of amides is 2. The van der Waals surface area contributed by atoms with Crippen molar-refractivity contribution in [1.82, 2.24) is 10.2 Å². The Bertz CT molecular complexity index is 644. The van der Waals surface area contributed by atoms with Gasteiger partial charge in [0.2, 0.25) is 11.8 Å². The second kappa shape index (κ2) is 8.88. The Morgan fingerprint density at radius 1 is 1.17 bits per heavy atom. The van der Waals surface area contributed by atoms with Crippen LogP contribution >= 0.6 is 11.6 Å². The second-order valence-corrected chi connectivity index (χ2v) is 7.43. The summed E-state index contributed by atoms with van der Waals surface area (Å²) >= 11 is 5.73. The number of hydrogen-bond acceptors (Lipinski definition) is 4. The number of nitrogens with zero attached hydrogens (tertiary/aromatic N) is 1. The molecule has 0 heterocycles. The molecule has 0 saturated carbocycles. The van der Waals surface area contributed by atoms with E-state index < -0.39 is 9.84 Å². The fourth-order valence-electron chi connectivity index (χ4n) is 1.94. The number of nitrogens with one attached hydrogen (secondary N) is 1. The van der Waals surface area contributed by atoms with Crippen molar-refractivity contribution in [3.63, 3.8) is 0 Å². The first-order chi connectivity index (χ1) is 10.8. The molecule has 0 spiro atoms. The van der Waals surface area contributed by atoms with Crippen molar-refractivity contribution in [2.75, 3.05) is 25.4 Å². The minimum absolute atomic E-state index is 0.0653. The monoisotopic (exact) mass is 360 g/mol. The number of carbonyl (C=O) groups excluding carboxylic acids is 2. The lowest BCUT2D eigenvalue weighted by Crippen LogP contribution is -2.41. The molecule has 0 atom stereocenters. The van der Waals surface area contributed by atoms with Crippen LogP contribution in [0.2, 0.25) is 5.02 Å². The normalized spacial score (nSPS) is 11.1. The highest BCUT2D eigenvalue weighted by molar-refractivity contribution is 7.91. The second-order valence-electron chi connectivity index (χ2n) is 4.88. The molecule has 8 heteroatoms. The van der Waals surface area contributed by atoms with Crippen LogP contribution in [0.15, 0.2) is 29.2 Å². The van der Waals surface area contributed by atoms with Crippen molar-refractivity contribution in [2.45, 2.75) is 25.2 Å². The quantitative estimate of drug-likeness (QED) is 0.761. The largest absolute Gasteiger partial charge is 0.355 e. The van der Waals surface area contributed by atoms with Crippen molar-refractivity contribution in [3.05, 3.63) is 29.3 Å². The maximum absolute atomic E-state index is 12.2. The lowest BCUT2D eigenvalue weighted by Gasteiger charge is -2.20. The molecule has 128 valence electrons. The molecule has 2 amide bonds. The van der Waals surface area contributed by atoms with E-state index in [9.17, 15) is 18.0 Å². The summed E-state index contributed by atoms with van der Waals surface area (Å²) in [4.78, 5) is 25.1. The van der Waals surface area contributed by atoms with Crippen LogP contribution < -0.4 is 5.32 Å². The van der Waals surface area contributed by atoms with Gasteiger partial charge < -0.3 is 10.2 Å².